The summed E-state index contributed by atoms with van der Waals surface area (Å²) in [7, 11) is 0. The first-order valence-electron chi connectivity index (χ1n) is 10.4. The molecule has 5 aromatic rings. The van der Waals surface area contributed by atoms with E-state index >= 15 is 0 Å². The first kappa shape index (κ1) is 19.0. The highest BCUT2D eigenvalue weighted by molar-refractivity contribution is 5.92. The SMILES string of the molecule is Cc1ccc(-n2c(/C=C/c3cccc4ccccc34)nc3ccccc3c2=O)cc1C. The normalized spacial score (nSPS) is 11.5. The zero-order chi connectivity index (χ0) is 21.4. The molecule has 0 saturated heterocycles. The van der Waals surface area contributed by atoms with E-state index in [1.807, 2.05) is 72.8 Å². The molecule has 0 atom stereocenters. The van der Waals surface area contributed by atoms with Crippen LogP contribution >= 0.6 is 0 Å². The highest BCUT2D eigenvalue weighted by atomic mass is 16.1. The van der Waals surface area contributed by atoms with Crippen LogP contribution in [0.1, 0.15) is 22.5 Å². The summed E-state index contributed by atoms with van der Waals surface area (Å²) in [5.41, 5.74) is 4.88. The smallest absolute Gasteiger partial charge is 0.266 e. The van der Waals surface area contributed by atoms with Gasteiger partial charge in [0.15, 0.2) is 0 Å². The fourth-order valence-corrected chi connectivity index (χ4v) is 3.94. The van der Waals surface area contributed by atoms with Crippen LogP contribution in [0.15, 0.2) is 89.7 Å². The summed E-state index contributed by atoms with van der Waals surface area (Å²) in [5.74, 6) is 0.611. The monoisotopic (exact) mass is 402 g/mol. The molecule has 0 unspecified atom stereocenters. The van der Waals surface area contributed by atoms with E-state index in [1.54, 1.807) is 4.57 Å². The molecule has 4 aromatic carbocycles. The standard InChI is InChI=1S/C28H22N2O/c1-19-14-16-23(18-20(19)2)30-27(29-26-13-6-5-12-25(26)28(30)31)17-15-22-10-7-9-21-8-3-4-11-24(21)22/h3-18H,1-2H3/b17-15+. The van der Waals surface area contributed by atoms with Gasteiger partial charge < -0.3 is 0 Å². The molecule has 3 heteroatoms. The Morgan fingerprint density at radius 1 is 0.742 bits per heavy atom. The van der Waals surface area contributed by atoms with E-state index in [9.17, 15) is 4.79 Å². The van der Waals surface area contributed by atoms with Gasteiger partial charge in [-0.2, -0.15) is 0 Å². The van der Waals surface area contributed by atoms with Crippen molar-refractivity contribution in [2.24, 2.45) is 0 Å². The second-order valence-electron chi connectivity index (χ2n) is 7.80. The molecule has 0 aliphatic heterocycles. The van der Waals surface area contributed by atoms with E-state index in [0.29, 0.717) is 16.7 Å². The van der Waals surface area contributed by atoms with Gasteiger partial charge in [0, 0.05) is 0 Å². The van der Waals surface area contributed by atoms with Crippen molar-refractivity contribution in [1.29, 1.82) is 0 Å². The summed E-state index contributed by atoms with van der Waals surface area (Å²) in [4.78, 5) is 18.3. The Hall–Kier alpha value is -3.98. The molecule has 0 radical (unpaired) electrons. The van der Waals surface area contributed by atoms with Crippen LogP contribution in [0.2, 0.25) is 0 Å². The number of nitrogens with zero attached hydrogens (tertiary/aromatic N) is 2. The lowest BCUT2D eigenvalue weighted by atomic mass is 10.0. The maximum atomic E-state index is 13.5. The maximum absolute atomic E-state index is 13.5. The highest BCUT2D eigenvalue weighted by Gasteiger charge is 2.11. The summed E-state index contributed by atoms with van der Waals surface area (Å²) in [6, 6.07) is 28.1. The predicted octanol–water partition coefficient (Wildman–Crippen LogP) is 6.33. The fraction of sp³-hybridized carbons (Fsp3) is 0.0714. The summed E-state index contributed by atoms with van der Waals surface area (Å²) in [6.45, 7) is 4.13. The number of hydrogen-bond donors (Lipinski definition) is 0. The predicted molar refractivity (Wildman–Crippen MR) is 130 cm³/mol. The number of aromatic nitrogens is 2. The average Bonchev–Trinajstić information content (AvgIpc) is 2.80. The molecule has 0 fully saturated rings. The van der Waals surface area contributed by atoms with Gasteiger partial charge in [0.25, 0.3) is 5.56 Å². The van der Waals surface area contributed by atoms with E-state index in [-0.39, 0.29) is 5.56 Å². The Morgan fingerprint density at radius 2 is 1.48 bits per heavy atom. The summed E-state index contributed by atoms with van der Waals surface area (Å²) < 4.78 is 1.70. The molecule has 0 aliphatic carbocycles. The van der Waals surface area contributed by atoms with Crippen LogP contribution in [0.25, 0.3) is 39.5 Å². The molecular weight excluding hydrogens is 380 g/mol. The number of fused-ring (bicyclic) bond motifs is 2. The lowest BCUT2D eigenvalue weighted by Gasteiger charge is -2.13. The maximum Gasteiger partial charge on any atom is 0.266 e. The van der Waals surface area contributed by atoms with Gasteiger partial charge >= 0.3 is 0 Å². The number of benzene rings is 4. The van der Waals surface area contributed by atoms with Crippen LogP contribution in [0.3, 0.4) is 0 Å². The largest absolute Gasteiger partial charge is 0.268 e. The molecule has 31 heavy (non-hydrogen) atoms. The lowest BCUT2D eigenvalue weighted by Crippen LogP contribution is -2.22. The van der Waals surface area contributed by atoms with Crippen molar-refractivity contribution in [2.75, 3.05) is 0 Å². The van der Waals surface area contributed by atoms with Gasteiger partial charge in [0.2, 0.25) is 0 Å². The number of aryl methyl sites for hydroxylation is 2. The molecule has 3 nitrogen and oxygen atoms in total. The third kappa shape index (κ3) is 3.44. The average molecular weight is 402 g/mol. The molecule has 0 bridgehead atoms. The molecule has 1 aromatic heterocycles. The van der Waals surface area contributed by atoms with Crippen LogP contribution in [-0.4, -0.2) is 9.55 Å². The molecule has 0 saturated carbocycles. The molecule has 1 heterocycles. The van der Waals surface area contributed by atoms with E-state index < -0.39 is 0 Å². The van der Waals surface area contributed by atoms with Gasteiger partial charge in [0.1, 0.15) is 5.82 Å². The Bertz CT molecular complexity index is 1520. The highest BCUT2D eigenvalue weighted by Crippen LogP contribution is 2.22. The lowest BCUT2D eigenvalue weighted by molar-refractivity contribution is 0.941. The van der Waals surface area contributed by atoms with Crippen LogP contribution in [0.5, 0.6) is 0 Å². The van der Waals surface area contributed by atoms with Gasteiger partial charge in [-0.15, -0.1) is 0 Å². The van der Waals surface area contributed by atoms with Gasteiger partial charge in [-0.25, -0.2) is 4.98 Å². The zero-order valence-electron chi connectivity index (χ0n) is 17.5. The zero-order valence-corrected chi connectivity index (χ0v) is 17.5. The van der Waals surface area contributed by atoms with Crippen molar-refractivity contribution in [1.82, 2.24) is 9.55 Å². The molecule has 0 amide bonds. The third-order valence-corrected chi connectivity index (χ3v) is 5.79. The Morgan fingerprint density at radius 3 is 2.32 bits per heavy atom. The minimum atomic E-state index is -0.0635. The Labute approximate surface area is 180 Å². The molecule has 0 spiro atoms. The van der Waals surface area contributed by atoms with Crippen LogP contribution < -0.4 is 5.56 Å². The summed E-state index contributed by atoms with van der Waals surface area (Å²) in [6.07, 6.45) is 3.97. The third-order valence-electron chi connectivity index (χ3n) is 5.79. The van der Waals surface area contributed by atoms with Crippen LogP contribution in [-0.2, 0) is 0 Å². The van der Waals surface area contributed by atoms with Crippen molar-refractivity contribution >= 4 is 33.8 Å². The second kappa shape index (κ2) is 7.69. The van der Waals surface area contributed by atoms with E-state index in [0.717, 1.165) is 16.8 Å². The molecule has 150 valence electrons. The minimum Gasteiger partial charge on any atom is -0.268 e. The molecule has 5 rings (SSSR count). The van der Waals surface area contributed by atoms with Gasteiger partial charge in [-0.3, -0.25) is 9.36 Å². The number of hydrogen-bond acceptors (Lipinski definition) is 2. The first-order valence-corrected chi connectivity index (χ1v) is 10.4. The quantitative estimate of drug-likeness (QED) is 0.354. The van der Waals surface area contributed by atoms with Gasteiger partial charge in [-0.05, 0) is 71.7 Å². The van der Waals surface area contributed by atoms with Crippen LogP contribution in [0.4, 0.5) is 0 Å². The topological polar surface area (TPSA) is 34.9 Å². The Balaban J connectivity index is 1.74. The summed E-state index contributed by atoms with van der Waals surface area (Å²) >= 11 is 0. The van der Waals surface area contributed by atoms with Crippen molar-refractivity contribution in [2.45, 2.75) is 13.8 Å². The fourth-order valence-electron chi connectivity index (χ4n) is 3.94. The van der Waals surface area contributed by atoms with Crippen molar-refractivity contribution < 1.29 is 0 Å². The van der Waals surface area contributed by atoms with Gasteiger partial charge in [0.05, 0.1) is 16.6 Å². The second-order valence-corrected chi connectivity index (χ2v) is 7.80. The Kier molecular flexibility index (Phi) is 4.72. The number of rotatable bonds is 3. The molecule has 0 aliphatic rings. The van der Waals surface area contributed by atoms with Crippen molar-refractivity contribution in [3.05, 3.63) is 118 Å². The first-order chi connectivity index (χ1) is 15.1. The number of para-hydroxylation sites is 1. The van der Waals surface area contributed by atoms with Gasteiger partial charge in [-0.1, -0.05) is 66.7 Å². The van der Waals surface area contributed by atoms with Crippen molar-refractivity contribution in [3.63, 3.8) is 0 Å². The van der Waals surface area contributed by atoms with Crippen molar-refractivity contribution in [3.8, 4) is 5.69 Å². The molecule has 0 N–H and O–H groups in total. The summed E-state index contributed by atoms with van der Waals surface area (Å²) in [5, 5.41) is 2.97. The molecular formula is C28H22N2O. The van der Waals surface area contributed by atoms with E-state index in [1.165, 1.54) is 16.3 Å². The van der Waals surface area contributed by atoms with E-state index in [4.69, 9.17) is 4.98 Å². The van der Waals surface area contributed by atoms with E-state index in [2.05, 4.69) is 38.1 Å². The van der Waals surface area contributed by atoms with Crippen LogP contribution in [0, 0.1) is 13.8 Å². The minimum absolute atomic E-state index is 0.0635.